The van der Waals surface area contributed by atoms with Gasteiger partial charge in [0.1, 0.15) is 0 Å². The quantitative estimate of drug-likeness (QED) is 0.760. The van der Waals surface area contributed by atoms with Gasteiger partial charge in [-0.25, -0.2) is 0 Å². The summed E-state index contributed by atoms with van der Waals surface area (Å²) in [5, 5.41) is 3.44. The van der Waals surface area contributed by atoms with Gasteiger partial charge in [-0.15, -0.1) is 0 Å². The smallest absolute Gasteiger partial charge is 0.310 e. The Morgan fingerprint density at radius 3 is 2.54 bits per heavy atom. The van der Waals surface area contributed by atoms with Crippen LogP contribution < -0.4 is 5.32 Å². The van der Waals surface area contributed by atoms with Gasteiger partial charge in [0.2, 0.25) is 0 Å². The maximum Gasteiger partial charge on any atom is 0.310 e. The molecule has 0 atom stereocenters. The topological polar surface area (TPSA) is 55.4 Å². The van der Waals surface area contributed by atoms with Crippen LogP contribution in [0.1, 0.15) is 28.7 Å². The number of hydrogen-bond donors (Lipinski definition) is 1. The molecular weight excluding hydrogens is 350 g/mol. The number of carbonyl (C=O) groups excluding carboxylic acids is 2. The zero-order chi connectivity index (χ0) is 18.4. The summed E-state index contributed by atoms with van der Waals surface area (Å²) >= 11 is 5.83. The molecule has 0 fully saturated rings. The molecule has 0 aromatic heterocycles. The van der Waals surface area contributed by atoms with E-state index in [2.05, 4.69) is 17.4 Å². The Hall–Kier alpha value is -2.33. The maximum absolute atomic E-state index is 11.9. The van der Waals surface area contributed by atoms with Crippen molar-refractivity contribution in [3.05, 3.63) is 69.7 Å². The number of fused-ring (bicyclic) bond motifs is 1. The minimum atomic E-state index is -0.379. The van der Waals surface area contributed by atoms with Gasteiger partial charge in [-0.2, -0.15) is 0 Å². The van der Waals surface area contributed by atoms with Crippen LogP contribution in [-0.2, 0) is 40.0 Å². The molecule has 5 heteroatoms. The molecule has 0 unspecified atom stereocenters. The van der Waals surface area contributed by atoms with Gasteiger partial charge in [0, 0.05) is 11.6 Å². The van der Waals surface area contributed by atoms with E-state index in [1.807, 2.05) is 30.3 Å². The van der Waals surface area contributed by atoms with Crippen LogP contribution in [0.5, 0.6) is 0 Å². The molecule has 136 valence electrons. The summed E-state index contributed by atoms with van der Waals surface area (Å²) in [6.45, 7) is 0.243. The van der Waals surface area contributed by atoms with Crippen molar-refractivity contribution >= 4 is 23.5 Å². The Kier molecular flexibility index (Phi) is 6.29. The second-order valence-electron chi connectivity index (χ2n) is 6.52. The number of hydrogen-bond acceptors (Lipinski definition) is 3. The fraction of sp³-hybridized carbons (Fsp3) is 0.333. The van der Waals surface area contributed by atoms with Crippen LogP contribution in [0.4, 0.5) is 0 Å². The molecule has 1 aliphatic rings. The molecule has 0 heterocycles. The number of aryl methyl sites for hydroxylation is 2. The Morgan fingerprint density at radius 1 is 1.00 bits per heavy atom. The highest BCUT2D eigenvalue weighted by Gasteiger charge is 2.13. The van der Waals surface area contributed by atoms with E-state index in [0.717, 1.165) is 24.0 Å². The fourth-order valence-corrected chi connectivity index (χ4v) is 3.27. The van der Waals surface area contributed by atoms with Crippen LogP contribution in [0.25, 0.3) is 0 Å². The second kappa shape index (κ2) is 8.86. The lowest BCUT2D eigenvalue weighted by molar-refractivity contribution is -0.147. The van der Waals surface area contributed by atoms with Gasteiger partial charge < -0.3 is 10.1 Å². The first kappa shape index (κ1) is 18.5. The summed E-state index contributed by atoms with van der Waals surface area (Å²) in [5.41, 5.74) is 4.74. The first-order valence-electron chi connectivity index (χ1n) is 8.87. The van der Waals surface area contributed by atoms with Crippen LogP contribution in [0.2, 0.25) is 5.02 Å². The van der Waals surface area contributed by atoms with E-state index in [1.54, 1.807) is 0 Å². The number of carbonyl (C=O) groups is 2. The maximum atomic E-state index is 11.9. The molecule has 0 aliphatic heterocycles. The third kappa shape index (κ3) is 5.33. The molecule has 1 aliphatic carbocycles. The average Bonchev–Trinajstić information content (AvgIpc) is 3.09. The number of nitrogens with one attached hydrogen (secondary N) is 1. The number of rotatable bonds is 7. The number of benzene rings is 2. The van der Waals surface area contributed by atoms with E-state index in [9.17, 15) is 9.59 Å². The van der Waals surface area contributed by atoms with Gasteiger partial charge >= 0.3 is 5.97 Å². The normalized spacial score (nSPS) is 12.5. The van der Waals surface area contributed by atoms with Crippen molar-refractivity contribution in [2.75, 3.05) is 13.2 Å². The molecule has 26 heavy (non-hydrogen) atoms. The summed E-state index contributed by atoms with van der Waals surface area (Å²) in [7, 11) is 0. The molecular formula is C21H22ClNO3. The molecule has 3 rings (SSSR count). The van der Waals surface area contributed by atoms with Crippen LogP contribution >= 0.6 is 11.6 Å². The van der Waals surface area contributed by atoms with Crippen molar-refractivity contribution in [2.45, 2.75) is 32.1 Å². The molecule has 4 nitrogen and oxygen atoms in total. The molecule has 0 saturated carbocycles. The van der Waals surface area contributed by atoms with E-state index >= 15 is 0 Å². The predicted octanol–water partition coefficient (Wildman–Crippen LogP) is 3.27. The van der Waals surface area contributed by atoms with Crippen molar-refractivity contribution in [1.82, 2.24) is 5.32 Å². The molecule has 1 N–H and O–H groups in total. The zero-order valence-electron chi connectivity index (χ0n) is 14.6. The fourth-order valence-electron chi connectivity index (χ4n) is 3.15. The average molecular weight is 372 g/mol. The Morgan fingerprint density at radius 2 is 1.73 bits per heavy atom. The van der Waals surface area contributed by atoms with Crippen LogP contribution in [0.3, 0.4) is 0 Å². The first-order chi connectivity index (χ1) is 12.6. The van der Waals surface area contributed by atoms with Crippen LogP contribution in [-0.4, -0.2) is 25.0 Å². The van der Waals surface area contributed by atoms with Gasteiger partial charge in [-0.3, -0.25) is 9.59 Å². The minimum Gasteiger partial charge on any atom is -0.455 e. The van der Waals surface area contributed by atoms with Gasteiger partial charge in [0.15, 0.2) is 6.61 Å². The van der Waals surface area contributed by atoms with Crippen LogP contribution in [0.15, 0.2) is 42.5 Å². The first-order valence-corrected chi connectivity index (χ1v) is 9.25. The number of amides is 1. The monoisotopic (exact) mass is 371 g/mol. The molecule has 2 aromatic carbocycles. The van der Waals surface area contributed by atoms with Crippen molar-refractivity contribution in [1.29, 1.82) is 0 Å². The minimum absolute atomic E-state index is 0.200. The van der Waals surface area contributed by atoms with Crippen molar-refractivity contribution in [2.24, 2.45) is 0 Å². The molecule has 0 saturated heterocycles. The summed E-state index contributed by atoms with van der Waals surface area (Å²) < 4.78 is 5.08. The summed E-state index contributed by atoms with van der Waals surface area (Å²) in [5.74, 6) is -0.669. The number of esters is 1. The summed E-state index contributed by atoms with van der Waals surface area (Å²) in [6.07, 6.45) is 4.28. The largest absolute Gasteiger partial charge is 0.455 e. The molecule has 0 radical (unpaired) electrons. The van der Waals surface area contributed by atoms with Gasteiger partial charge in [0.05, 0.1) is 6.42 Å². The summed E-state index contributed by atoms with van der Waals surface area (Å²) in [6, 6.07) is 13.6. The lowest BCUT2D eigenvalue weighted by Gasteiger charge is -2.08. The third-order valence-electron chi connectivity index (χ3n) is 4.52. The zero-order valence-corrected chi connectivity index (χ0v) is 15.3. The third-order valence-corrected chi connectivity index (χ3v) is 4.78. The van der Waals surface area contributed by atoms with Crippen molar-refractivity contribution < 1.29 is 14.3 Å². The van der Waals surface area contributed by atoms with E-state index < -0.39 is 0 Å². The van der Waals surface area contributed by atoms with Crippen LogP contribution in [0, 0.1) is 0 Å². The molecule has 2 aromatic rings. The molecule has 0 spiro atoms. The number of ether oxygens (including phenoxy) is 1. The SMILES string of the molecule is O=C(COC(=O)Cc1ccc2c(c1)CCC2)NCCc1ccc(Cl)cc1. The molecule has 1 amide bonds. The highest BCUT2D eigenvalue weighted by atomic mass is 35.5. The van der Waals surface area contributed by atoms with E-state index in [1.165, 1.54) is 17.5 Å². The lowest BCUT2D eigenvalue weighted by Crippen LogP contribution is -2.30. The van der Waals surface area contributed by atoms with E-state index in [4.69, 9.17) is 16.3 Å². The van der Waals surface area contributed by atoms with Gasteiger partial charge in [-0.1, -0.05) is 41.9 Å². The predicted molar refractivity (Wildman–Crippen MR) is 101 cm³/mol. The standard InChI is InChI=1S/C21H22ClNO3/c22-19-8-5-15(6-9-19)10-11-23-20(24)14-26-21(25)13-16-4-7-17-2-1-3-18(17)12-16/h4-9,12H,1-3,10-11,13-14H2,(H,23,24). The van der Waals surface area contributed by atoms with Crippen molar-refractivity contribution in [3.8, 4) is 0 Å². The Bertz CT molecular complexity index is 786. The lowest BCUT2D eigenvalue weighted by atomic mass is 10.0. The van der Waals surface area contributed by atoms with Gasteiger partial charge in [0.25, 0.3) is 5.91 Å². The Balaban J connectivity index is 1.36. The van der Waals surface area contributed by atoms with Crippen molar-refractivity contribution in [3.63, 3.8) is 0 Å². The number of halogens is 1. The van der Waals surface area contributed by atoms with Gasteiger partial charge in [-0.05, 0) is 60.1 Å². The second-order valence-corrected chi connectivity index (χ2v) is 6.96. The summed E-state index contributed by atoms with van der Waals surface area (Å²) in [4.78, 5) is 23.7. The van der Waals surface area contributed by atoms with E-state index in [0.29, 0.717) is 18.0 Å². The Labute approximate surface area is 158 Å². The highest BCUT2D eigenvalue weighted by Crippen LogP contribution is 2.23. The highest BCUT2D eigenvalue weighted by molar-refractivity contribution is 6.30. The molecule has 0 bridgehead atoms. The van der Waals surface area contributed by atoms with E-state index in [-0.39, 0.29) is 24.9 Å².